The Kier molecular flexibility index (Phi) is 5.02. The number of carbonyl (C=O) groups is 1. The lowest BCUT2D eigenvalue weighted by Crippen LogP contribution is -2.09. The van der Waals surface area contributed by atoms with Crippen LogP contribution in [0.4, 0.5) is 14.6 Å². The van der Waals surface area contributed by atoms with Crippen molar-refractivity contribution in [3.05, 3.63) is 77.6 Å². The molecule has 3 rings (SSSR count). The zero-order valence-corrected chi connectivity index (χ0v) is 13.3. The maximum atomic E-state index is 13.3. The average molecular weight is 357 g/mol. The summed E-state index contributed by atoms with van der Waals surface area (Å²) in [5.41, 5.74) is 0.610. The molecule has 0 amide bonds. The van der Waals surface area contributed by atoms with E-state index in [0.717, 1.165) is 12.1 Å². The number of aromatic carboxylic acids is 1. The van der Waals surface area contributed by atoms with Gasteiger partial charge in [0.25, 0.3) is 0 Å². The van der Waals surface area contributed by atoms with E-state index >= 15 is 0 Å². The summed E-state index contributed by atoms with van der Waals surface area (Å²) in [6, 6.07) is 9.49. The highest BCUT2D eigenvalue weighted by Gasteiger charge is 2.12. The topological polar surface area (TPSA) is 84.3 Å². The molecular formula is C18H13F2N3O3. The number of carboxylic acids is 1. The highest BCUT2D eigenvalue weighted by atomic mass is 19.2. The Hall–Kier alpha value is -3.55. The molecule has 0 unspecified atom stereocenters. The van der Waals surface area contributed by atoms with E-state index < -0.39 is 17.6 Å². The molecule has 3 aromatic rings. The first-order valence-corrected chi connectivity index (χ1v) is 7.53. The molecule has 132 valence electrons. The van der Waals surface area contributed by atoms with E-state index in [1.807, 2.05) is 0 Å². The van der Waals surface area contributed by atoms with Gasteiger partial charge in [-0.1, -0.05) is 6.07 Å². The summed E-state index contributed by atoms with van der Waals surface area (Å²) in [6.45, 7) is 0.171. The van der Waals surface area contributed by atoms with Crippen molar-refractivity contribution in [1.82, 2.24) is 9.97 Å². The molecule has 8 heteroatoms. The Balaban J connectivity index is 1.79. The largest absolute Gasteiger partial charge is 0.478 e. The zero-order valence-electron chi connectivity index (χ0n) is 13.3. The summed E-state index contributed by atoms with van der Waals surface area (Å²) in [6.07, 6.45) is 2.96. The second-order valence-electron chi connectivity index (χ2n) is 5.20. The highest BCUT2D eigenvalue weighted by molar-refractivity contribution is 5.92. The third kappa shape index (κ3) is 3.92. The number of carboxylic acid groups (broad SMARTS) is 1. The van der Waals surface area contributed by atoms with E-state index in [1.54, 1.807) is 12.1 Å². The van der Waals surface area contributed by atoms with Crippen LogP contribution >= 0.6 is 0 Å². The van der Waals surface area contributed by atoms with Crippen LogP contribution in [0.25, 0.3) is 0 Å². The minimum absolute atomic E-state index is 0.0273. The number of aromatic nitrogens is 2. The fourth-order valence-corrected chi connectivity index (χ4v) is 2.20. The van der Waals surface area contributed by atoms with Crippen LogP contribution in [-0.4, -0.2) is 21.0 Å². The van der Waals surface area contributed by atoms with Crippen LogP contribution in [0.1, 0.15) is 15.9 Å². The third-order valence-corrected chi connectivity index (χ3v) is 3.44. The second-order valence-corrected chi connectivity index (χ2v) is 5.20. The fraction of sp³-hybridized carbons (Fsp3) is 0.0556. The molecule has 0 aliphatic rings. The number of hydrogen-bond donors (Lipinski definition) is 2. The first-order chi connectivity index (χ1) is 12.5. The predicted octanol–water partition coefficient (Wildman–Crippen LogP) is 3.86. The van der Waals surface area contributed by atoms with Gasteiger partial charge < -0.3 is 15.2 Å². The van der Waals surface area contributed by atoms with E-state index in [2.05, 4.69) is 15.3 Å². The van der Waals surface area contributed by atoms with Crippen molar-refractivity contribution in [3.63, 3.8) is 0 Å². The summed E-state index contributed by atoms with van der Waals surface area (Å²) in [4.78, 5) is 19.3. The van der Waals surface area contributed by atoms with Gasteiger partial charge in [0.1, 0.15) is 17.1 Å². The Bertz CT molecular complexity index is 950. The van der Waals surface area contributed by atoms with Crippen molar-refractivity contribution in [2.24, 2.45) is 0 Å². The van der Waals surface area contributed by atoms with Crippen molar-refractivity contribution in [3.8, 4) is 11.6 Å². The lowest BCUT2D eigenvalue weighted by Gasteiger charge is -2.12. The lowest BCUT2D eigenvalue weighted by atomic mass is 10.2. The molecule has 0 bridgehead atoms. The number of nitrogens with one attached hydrogen (secondary N) is 1. The van der Waals surface area contributed by atoms with Crippen LogP contribution in [0, 0.1) is 11.6 Å². The summed E-state index contributed by atoms with van der Waals surface area (Å²) >= 11 is 0. The summed E-state index contributed by atoms with van der Waals surface area (Å²) in [5, 5.41) is 12.1. The van der Waals surface area contributed by atoms with Gasteiger partial charge in [-0.25, -0.2) is 23.5 Å². The van der Waals surface area contributed by atoms with Gasteiger partial charge in [-0.2, -0.15) is 0 Å². The summed E-state index contributed by atoms with van der Waals surface area (Å²) in [5.74, 6) is -2.64. The van der Waals surface area contributed by atoms with Crippen LogP contribution in [0.5, 0.6) is 11.6 Å². The number of pyridine rings is 2. The molecule has 1 aromatic carbocycles. The van der Waals surface area contributed by atoms with E-state index in [-0.39, 0.29) is 29.6 Å². The van der Waals surface area contributed by atoms with Crippen LogP contribution in [0.2, 0.25) is 0 Å². The van der Waals surface area contributed by atoms with Crippen molar-refractivity contribution in [2.45, 2.75) is 6.54 Å². The molecule has 2 N–H and O–H groups in total. The Morgan fingerprint density at radius 2 is 1.85 bits per heavy atom. The number of hydrogen-bond acceptors (Lipinski definition) is 5. The predicted molar refractivity (Wildman–Crippen MR) is 89.2 cm³/mol. The van der Waals surface area contributed by atoms with Crippen LogP contribution < -0.4 is 10.1 Å². The number of rotatable bonds is 6. The second kappa shape index (κ2) is 7.56. The van der Waals surface area contributed by atoms with Gasteiger partial charge in [0.15, 0.2) is 11.6 Å². The van der Waals surface area contributed by atoms with Gasteiger partial charge >= 0.3 is 5.97 Å². The smallest absolute Gasteiger partial charge is 0.339 e. The van der Waals surface area contributed by atoms with Gasteiger partial charge in [0.2, 0.25) is 5.88 Å². The number of halogens is 2. The molecule has 26 heavy (non-hydrogen) atoms. The normalized spacial score (nSPS) is 10.4. The molecule has 2 aromatic heterocycles. The molecule has 0 atom stereocenters. The fourth-order valence-electron chi connectivity index (χ4n) is 2.20. The molecule has 0 aliphatic heterocycles. The van der Waals surface area contributed by atoms with Crippen molar-refractivity contribution in [1.29, 1.82) is 0 Å². The number of anilines is 1. The first kappa shape index (κ1) is 17.3. The van der Waals surface area contributed by atoms with Crippen molar-refractivity contribution >= 4 is 11.8 Å². The minimum Gasteiger partial charge on any atom is -0.478 e. The summed E-state index contributed by atoms with van der Waals surface area (Å²) < 4.78 is 31.9. The average Bonchev–Trinajstić information content (AvgIpc) is 2.64. The monoisotopic (exact) mass is 357 g/mol. The van der Waals surface area contributed by atoms with E-state index in [4.69, 9.17) is 4.74 Å². The molecule has 0 saturated carbocycles. The van der Waals surface area contributed by atoms with Crippen LogP contribution in [0.15, 0.2) is 54.9 Å². The molecular weight excluding hydrogens is 344 g/mol. The molecule has 6 nitrogen and oxygen atoms in total. The van der Waals surface area contributed by atoms with Crippen molar-refractivity contribution in [2.75, 3.05) is 5.32 Å². The number of benzene rings is 1. The van der Waals surface area contributed by atoms with E-state index in [9.17, 15) is 18.7 Å². The zero-order chi connectivity index (χ0) is 18.5. The van der Waals surface area contributed by atoms with Gasteiger partial charge in [-0.15, -0.1) is 0 Å². The number of nitrogens with zero attached hydrogens (tertiary/aromatic N) is 2. The van der Waals surface area contributed by atoms with E-state index in [0.29, 0.717) is 5.56 Å². The quantitative estimate of drug-likeness (QED) is 0.697. The van der Waals surface area contributed by atoms with Gasteiger partial charge in [-0.05, 0) is 30.3 Å². The van der Waals surface area contributed by atoms with Gasteiger partial charge in [0.05, 0.1) is 0 Å². The van der Waals surface area contributed by atoms with Gasteiger partial charge in [0, 0.05) is 30.6 Å². The van der Waals surface area contributed by atoms with Crippen LogP contribution in [-0.2, 0) is 6.54 Å². The van der Waals surface area contributed by atoms with Crippen LogP contribution in [0.3, 0.4) is 0 Å². The molecule has 0 spiro atoms. The molecule has 0 fully saturated rings. The maximum absolute atomic E-state index is 13.3. The summed E-state index contributed by atoms with van der Waals surface area (Å²) in [7, 11) is 0. The Labute approximate surface area is 147 Å². The maximum Gasteiger partial charge on any atom is 0.339 e. The third-order valence-electron chi connectivity index (χ3n) is 3.44. The minimum atomic E-state index is -1.11. The molecule has 0 aliphatic carbocycles. The van der Waals surface area contributed by atoms with Gasteiger partial charge in [-0.3, -0.25) is 0 Å². The molecule has 0 radical (unpaired) electrons. The lowest BCUT2D eigenvalue weighted by molar-refractivity contribution is 0.0697. The highest BCUT2D eigenvalue weighted by Crippen LogP contribution is 2.25. The van der Waals surface area contributed by atoms with Crippen molar-refractivity contribution < 1.29 is 23.4 Å². The molecule has 0 saturated heterocycles. The SMILES string of the molecule is O=C(O)c1cccnc1NCc1cccnc1Oc1ccc(F)c(F)c1. The number of ether oxygens (including phenoxy) is 1. The Morgan fingerprint density at radius 1 is 1.08 bits per heavy atom. The first-order valence-electron chi connectivity index (χ1n) is 7.53. The standard InChI is InChI=1S/C18H13F2N3O3/c19-14-6-5-12(9-15(14)20)26-17-11(3-1-8-22-17)10-23-16-13(18(24)25)4-2-7-21-16/h1-9H,10H2,(H,21,23)(H,24,25). The van der Waals surface area contributed by atoms with E-state index in [1.165, 1.54) is 30.6 Å². The molecule has 2 heterocycles. The Morgan fingerprint density at radius 3 is 2.62 bits per heavy atom.